The first-order valence-corrected chi connectivity index (χ1v) is 31.2. The first-order valence-electron chi connectivity index (χ1n) is 26.0. The second-order valence-corrected chi connectivity index (χ2v) is 25.8. The summed E-state index contributed by atoms with van der Waals surface area (Å²) in [7, 11) is -11.3. The van der Waals surface area contributed by atoms with E-state index in [0.717, 1.165) is 23.1 Å². The van der Waals surface area contributed by atoms with Gasteiger partial charge in [-0.05, 0) is 70.0 Å². The molecule has 6 saturated heterocycles. The van der Waals surface area contributed by atoms with Crippen molar-refractivity contribution >= 4 is 46.3 Å². The minimum Gasteiger partial charge on any atom is -0.390 e. The van der Waals surface area contributed by atoms with Crippen LogP contribution in [0.15, 0.2) is 112 Å². The average molecular weight is 1220 g/mol. The van der Waals surface area contributed by atoms with Gasteiger partial charge in [0, 0.05) is 5.92 Å². The molecule has 3 aromatic rings. The molecule has 0 unspecified atom stereocenters. The minimum atomic E-state index is -3.79. The SMILES string of the molecule is CC[C@@H](O)[C@@H]1C=CCO1.CC[C@H](OS(=O)(=O)c1ccc(C)cc1)[C@@H]1C=CCO1.Cc1ccc(S(=O)(=O)O[C@H]2CO[C@H]3[C@@H]2OC[C@@H]3Br)cc1.Cc1ccc(S(=O)(=O)O[C@H]2CO[C@H]3[C@@H]2OC[C@H]3C)cc1.O[C@@H]1CO[C@H]2[C@@H]1OC[C@@H]2O. The van der Waals surface area contributed by atoms with E-state index in [9.17, 15) is 30.4 Å². The summed E-state index contributed by atoms with van der Waals surface area (Å²) in [5, 5.41) is 27.5. The summed E-state index contributed by atoms with van der Waals surface area (Å²) in [5.74, 6) is 0.274. The molecule has 434 valence electrons. The standard InChI is InChI=1S/C14H18O5S.C14H18O4S.C13H15BrO5S.C7H12O2.C6H10O4/c1-9-3-5-11(6-4-9)20(15,16)19-12-8-18-13-10(2)7-17-14(12)13;1-3-13(14-5-4-10-17-14)18-19(15,16)12-8-6-11(2)7-9-12;1-8-2-4-9(5-3-8)20(15,16)19-11-7-18-12-10(14)6-17-13(11)12;1-2-6(8)7-4-3-5-9-7;7-3-1-9-6-4(8)2-10-5(3)6/h3-6,10,12-14H,7-8H2,1-2H3;4-9,13-14H,3,10H2,1-2H3;2-5,10-13H,6-7H2,1H3;3-4,6-8H,2,5H2,1H3;3-8H,1-2H2/t10-,12+,13-,14-;13-,14-;10-,11-,12+,13+;6-,7+;3-,4+,5-,6-/m10011/s1. The zero-order chi connectivity index (χ0) is 56.4. The van der Waals surface area contributed by atoms with E-state index in [2.05, 4.69) is 15.9 Å². The second-order valence-electron chi connectivity index (χ2n) is 20.0. The van der Waals surface area contributed by atoms with Crippen LogP contribution in [0.4, 0.5) is 0 Å². The maximum Gasteiger partial charge on any atom is 0.297 e. The molecule has 0 aromatic heterocycles. The van der Waals surface area contributed by atoms with E-state index in [1.165, 1.54) is 0 Å². The largest absolute Gasteiger partial charge is 0.390 e. The van der Waals surface area contributed by atoms with Crippen molar-refractivity contribution in [2.75, 3.05) is 52.9 Å². The number of aliphatic hydroxyl groups is 3. The molecule has 16 atom stereocenters. The van der Waals surface area contributed by atoms with Crippen molar-refractivity contribution in [2.45, 2.75) is 159 Å². The molecule has 24 heteroatoms. The normalized spacial score (nSPS) is 32.3. The number of halogens is 1. The Kier molecular flexibility index (Phi) is 22.6. The summed E-state index contributed by atoms with van der Waals surface area (Å²) < 4.78 is 132. The Balaban J connectivity index is 0.000000146. The molecular formula is C54H73BrO20S3. The molecule has 8 heterocycles. The topological polar surface area (TPSA) is 265 Å². The van der Waals surface area contributed by atoms with Gasteiger partial charge in [0.25, 0.3) is 30.4 Å². The fourth-order valence-corrected chi connectivity index (χ4v) is 13.2. The fraction of sp³-hybridized carbons (Fsp3) is 0.593. The predicted octanol–water partition coefficient (Wildman–Crippen LogP) is 4.78. The molecule has 20 nitrogen and oxygen atoms in total. The third kappa shape index (κ3) is 16.3. The Hall–Kier alpha value is -3.09. The number of alkyl halides is 1. The van der Waals surface area contributed by atoms with Crippen molar-refractivity contribution in [1.82, 2.24) is 0 Å². The van der Waals surface area contributed by atoms with Crippen LogP contribution in [0.2, 0.25) is 0 Å². The van der Waals surface area contributed by atoms with Crippen LogP contribution in [-0.2, 0) is 80.8 Å². The van der Waals surface area contributed by atoms with Crippen LogP contribution in [0.1, 0.15) is 50.3 Å². The van der Waals surface area contributed by atoms with Gasteiger partial charge >= 0.3 is 0 Å². The number of aryl methyl sites for hydroxylation is 3. The smallest absolute Gasteiger partial charge is 0.297 e. The van der Waals surface area contributed by atoms with Gasteiger partial charge in [0.2, 0.25) is 0 Å². The molecule has 11 rings (SSSR count). The first-order chi connectivity index (χ1) is 37.1. The molecule has 8 aliphatic rings. The molecule has 0 bridgehead atoms. The van der Waals surface area contributed by atoms with Crippen molar-refractivity contribution in [3.8, 4) is 0 Å². The zero-order valence-electron chi connectivity index (χ0n) is 44.4. The molecule has 3 N–H and O–H groups in total. The molecule has 0 spiro atoms. The molecule has 78 heavy (non-hydrogen) atoms. The van der Waals surface area contributed by atoms with Crippen LogP contribution in [-0.4, -0.2) is 184 Å². The van der Waals surface area contributed by atoms with Gasteiger partial charge in [0.15, 0.2) is 0 Å². The van der Waals surface area contributed by atoms with Gasteiger partial charge in [-0.2, -0.15) is 25.3 Å². The summed E-state index contributed by atoms with van der Waals surface area (Å²) >= 11 is 3.45. The Morgan fingerprint density at radius 3 is 1.35 bits per heavy atom. The Morgan fingerprint density at radius 2 is 0.910 bits per heavy atom. The maximum absolute atomic E-state index is 12.2. The van der Waals surface area contributed by atoms with Crippen molar-refractivity contribution in [2.24, 2.45) is 5.92 Å². The molecule has 8 aliphatic heterocycles. The van der Waals surface area contributed by atoms with Crippen LogP contribution >= 0.6 is 15.9 Å². The van der Waals surface area contributed by atoms with Gasteiger partial charge in [-0.1, -0.05) is 114 Å². The average Bonchev–Trinajstić information content (AvgIpc) is 4.31. The van der Waals surface area contributed by atoms with Gasteiger partial charge in [0.1, 0.15) is 73.2 Å². The zero-order valence-corrected chi connectivity index (χ0v) is 48.5. The lowest BCUT2D eigenvalue weighted by Gasteiger charge is -2.20. The lowest BCUT2D eigenvalue weighted by molar-refractivity contribution is 0.00205. The highest BCUT2D eigenvalue weighted by Crippen LogP contribution is 2.35. The van der Waals surface area contributed by atoms with Crippen molar-refractivity contribution in [3.63, 3.8) is 0 Å². The summed E-state index contributed by atoms with van der Waals surface area (Å²) in [6, 6.07) is 19.8. The number of aliphatic hydroxyl groups excluding tert-OH is 3. The van der Waals surface area contributed by atoms with E-state index in [1.54, 1.807) is 72.8 Å². The van der Waals surface area contributed by atoms with E-state index in [-0.39, 0.29) is 107 Å². The highest BCUT2D eigenvalue weighted by Gasteiger charge is 2.50. The van der Waals surface area contributed by atoms with Crippen molar-refractivity contribution in [1.29, 1.82) is 0 Å². The second kappa shape index (κ2) is 28.3. The number of benzene rings is 3. The summed E-state index contributed by atoms with van der Waals surface area (Å²) in [6.45, 7) is 14.9. The predicted molar refractivity (Wildman–Crippen MR) is 286 cm³/mol. The lowest BCUT2D eigenvalue weighted by atomic mass is 10.0. The summed E-state index contributed by atoms with van der Waals surface area (Å²) in [4.78, 5) is 0.583. The van der Waals surface area contributed by atoms with Crippen LogP contribution in [0, 0.1) is 26.7 Å². The van der Waals surface area contributed by atoms with Crippen molar-refractivity contribution in [3.05, 3.63) is 114 Å². The van der Waals surface area contributed by atoms with Crippen LogP contribution in [0.5, 0.6) is 0 Å². The van der Waals surface area contributed by atoms with E-state index in [1.807, 2.05) is 65.8 Å². The van der Waals surface area contributed by atoms with Gasteiger partial charge in [0.05, 0.1) is 84.6 Å². The Labute approximate surface area is 466 Å². The van der Waals surface area contributed by atoms with Crippen molar-refractivity contribution < 1.29 is 91.0 Å². The molecule has 6 fully saturated rings. The summed E-state index contributed by atoms with van der Waals surface area (Å²) in [5.41, 5.74) is 3.00. The molecule has 0 radical (unpaired) electrons. The lowest BCUT2D eigenvalue weighted by Crippen LogP contribution is -2.33. The molecule has 0 saturated carbocycles. The monoisotopic (exact) mass is 1220 g/mol. The fourth-order valence-electron chi connectivity index (χ4n) is 9.35. The number of rotatable bonds is 13. The van der Waals surface area contributed by atoms with E-state index < -0.39 is 60.9 Å². The van der Waals surface area contributed by atoms with Gasteiger partial charge in [-0.3, -0.25) is 12.5 Å². The third-order valence-electron chi connectivity index (χ3n) is 13.9. The van der Waals surface area contributed by atoms with Crippen LogP contribution in [0.3, 0.4) is 0 Å². The molecular weight excluding hydrogens is 1140 g/mol. The maximum atomic E-state index is 12.2. The van der Waals surface area contributed by atoms with Gasteiger partial charge in [-0.25, -0.2) is 0 Å². The number of fused-ring (bicyclic) bond motifs is 3. The number of ether oxygens (including phenoxy) is 8. The highest BCUT2D eigenvalue weighted by atomic mass is 79.9. The number of hydrogen-bond acceptors (Lipinski definition) is 20. The Bertz CT molecular complexity index is 2640. The Morgan fingerprint density at radius 1 is 0.513 bits per heavy atom. The highest BCUT2D eigenvalue weighted by molar-refractivity contribution is 9.09. The molecule has 0 amide bonds. The molecule has 3 aromatic carbocycles. The first kappa shape index (κ1) is 62.5. The molecule has 0 aliphatic carbocycles. The van der Waals surface area contributed by atoms with E-state index >= 15 is 0 Å². The van der Waals surface area contributed by atoms with Crippen LogP contribution < -0.4 is 0 Å². The van der Waals surface area contributed by atoms with Gasteiger partial charge in [-0.15, -0.1) is 0 Å². The quantitative estimate of drug-likeness (QED) is 0.118. The van der Waals surface area contributed by atoms with E-state index in [4.69, 9.17) is 60.7 Å². The van der Waals surface area contributed by atoms with Gasteiger partial charge < -0.3 is 53.2 Å². The third-order valence-corrected chi connectivity index (χ3v) is 18.7. The summed E-state index contributed by atoms with van der Waals surface area (Å²) in [6.07, 6.45) is 4.08. The number of hydrogen-bond donors (Lipinski definition) is 3. The van der Waals surface area contributed by atoms with Crippen LogP contribution in [0.25, 0.3) is 0 Å². The van der Waals surface area contributed by atoms with E-state index in [0.29, 0.717) is 32.8 Å². The minimum absolute atomic E-state index is 0.0463.